The summed E-state index contributed by atoms with van der Waals surface area (Å²) >= 11 is 0. The molecule has 0 aromatic carbocycles. The van der Waals surface area contributed by atoms with Crippen LogP contribution in [0.3, 0.4) is 0 Å². The molecule has 4 N–H and O–H groups in total. The van der Waals surface area contributed by atoms with Crippen LogP contribution in [0.1, 0.15) is 0 Å². The predicted molar refractivity (Wildman–Crippen MR) is 7.23 cm³/mol. The molecule has 0 atom stereocenters. The Balaban J connectivity index is 0. The maximum absolute atomic E-state index is 0. The van der Waals surface area contributed by atoms with Crippen molar-refractivity contribution in [1.29, 1.82) is 0 Å². The van der Waals surface area contributed by atoms with E-state index in [9.17, 15) is 0 Å². The Kier molecular flexibility index (Phi) is 430. The van der Waals surface area contributed by atoms with E-state index in [1.54, 1.807) is 0 Å². The summed E-state index contributed by atoms with van der Waals surface area (Å²) in [7, 11) is 0. The fourth-order valence-corrected chi connectivity index (χ4v) is 0. The number of hydrogen-bond donors (Lipinski definition) is 0. The normalized spacial score (nSPS) is 0. The quantitative estimate of drug-likeness (QED) is 0.448. The molecule has 0 unspecified atom stereocenters. The molecule has 0 fully saturated rings. The van der Waals surface area contributed by atoms with E-state index in [4.69, 9.17) is 0 Å². The molecule has 0 aromatic heterocycles. The molecular formula is H4IrO2Pt. The molecule has 0 rings (SSSR count). The molecule has 4 heteroatoms. The fourth-order valence-electron chi connectivity index (χ4n) is 0. The van der Waals surface area contributed by atoms with Crippen molar-refractivity contribution in [3.8, 4) is 0 Å². The molecule has 4 heavy (non-hydrogen) atoms. The van der Waals surface area contributed by atoms with Gasteiger partial charge in [-0.25, -0.2) is 0 Å². The van der Waals surface area contributed by atoms with Gasteiger partial charge < -0.3 is 11.0 Å². The van der Waals surface area contributed by atoms with E-state index < -0.39 is 0 Å². The van der Waals surface area contributed by atoms with Crippen LogP contribution in [0.15, 0.2) is 0 Å². The van der Waals surface area contributed by atoms with Gasteiger partial charge in [0.05, 0.1) is 0 Å². The average molecular weight is 423 g/mol. The third kappa shape index (κ3) is 10.5. The summed E-state index contributed by atoms with van der Waals surface area (Å²) in [6.45, 7) is 0. The van der Waals surface area contributed by atoms with Crippen molar-refractivity contribution >= 4 is 0 Å². The SMILES string of the molecule is O.O.[Ir].[Pt]. The second kappa shape index (κ2) is 28.6. The van der Waals surface area contributed by atoms with Crippen LogP contribution in [0.2, 0.25) is 0 Å². The first-order valence-electron chi connectivity index (χ1n) is 0. The van der Waals surface area contributed by atoms with Crippen LogP contribution < -0.4 is 0 Å². The summed E-state index contributed by atoms with van der Waals surface area (Å²) in [5.41, 5.74) is 0. The molecule has 0 heterocycles. The van der Waals surface area contributed by atoms with Gasteiger partial charge in [-0.15, -0.1) is 0 Å². The topological polar surface area (TPSA) is 63.0 Å². The van der Waals surface area contributed by atoms with E-state index in [-0.39, 0.29) is 52.1 Å². The zero-order valence-corrected chi connectivity index (χ0v) is 6.32. The molecular weight excluding hydrogens is 419 g/mol. The predicted octanol–water partition coefficient (Wildman–Crippen LogP) is -1.65. The van der Waals surface area contributed by atoms with Crippen molar-refractivity contribution < 1.29 is 52.1 Å². The van der Waals surface area contributed by atoms with Gasteiger partial charge in [0.15, 0.2) is 0 Å². The van der Waals surface area contributed by atoms with E-state index in [1.165, 1.54) is 0 Å². The molecule has 0 aromatic rings. The summed E-state index contributed by atoms with van der Waals surface area (Å²) in [5.74, 6) is 0. The van der Waals surface area contributed by atoms with Crippen molar-refractivity contribution in [3.63, 3.8) is 0 Å². The zero-order valence-electron chi connectivity index (χ0n) is 1.65. The molecule has 0 saturated heterocycles. The monoisotopic (exact) mass is 424 g/mol. The van der Waals surface area contributed by atoms with Crippen LogP contribution in [0.4, 0.5) is 0 Å². The molecule has 0 amide bonds. The van der Waals surface area contributed by atoms with Crippen molar-refractivity contribution in [2.24, 2.45) is 0 Å². The minimum Gasteiger partial charge on any atom is -0.412 e. The minimum absolute atomic E-state index is 0. The van der Waals surface area contributed by atoms with Gasteiger partial charge in [0.1, 0.15) is 0 Å². The molecule has 0 aliphatic rings. The van der Waals surface area contributed by atoms with Gasteiger partial charge in [0.2, 0.25) is 0 Å². The molecule has 0 saturated carbocycles. The largest absolute Gasteiger partial charge is 0.412 e. The molecule has 35 valence electrons. The van der Waals surface area contributed by atoms with Gasteiger partial charge >= 0.3 is 0 Å². The molecule has 0 aliphatic heterocycles. The van der Waals surface area contributed by atoms with Crippen molar-refractivity contribution in [2.45, 2.75) is 0 Å². The Hall–Kier alpha value is 1.26. The Bertz CT molecular complexity index is 6.00. The fraction of sp³-hybridized carbons (Fsp3) is 0. The van der Waals surface area contributed by atoms with Crippen LogP contribution in [-0.4, -0.2) is 11.0 Å². The van der Waals surface area contributed by atoms with Gasteiger partial charge in [-0.1, -0.05) is 0 Å². The maximum atomic E-state index is 0. The Labute approximate surface area is 52.2 Å². The standard InChI is InChI=1S/Ir.2H2O.Pt/h;2*1H2;. The Morgan fingerprint density at radius 1 is 0.750 bits per heavy atom. The maximum Gasteiger partial charge on any atom is 0 e. The molecule has 0 bridgehead atoms. The smallest absolute Gasteiger partial charge is 0 e. The number of rotatable bonds is 0. The second-order valence-electron chi connectivity index (χ2n) is 0. The third-order valence-electron chi connectivity index (χ3n) is 0. The molecule has 1 radical (unpaired) electrons. The third-order valence-corrected chi connectivity index (χ3v) is 0. The van der Waals surface area contributed by atoms with Gasteiger partial charge in [0.25, 0.3) is 0 Å². The average Bonchev–Trinajstić information content (AvgIpc) is 0. The molecule has 0 spiro atoms. The first-order valence-corrected chi connectivity index (χ1v) is 0. The van der Waals surface area contributed by atoms with E-state index in [0.717, 1.165) is 0 Å². The first-order chi connectivity index (χ1) is 0. The van der Waals surface area contributed by atoms with Crippen molar-refractivity contribution in [1.82, 2.24) is 0 Å². The van der Waals surface area contributed by atoms with Crippen LogP contribution in [0.25, 0.3) is 0 Å². The summed E-state index contributed by atoms with van der Waals surface area (Å²) in [4.78, 5) is 0. The summed E-state index contributed by atoms with van der Waals surface area (Å²) in [6.07, 6.45) is 0. The van der Waals surface area contributed by atoms with Crippen LogP contribution in [0, 0.1) is 0 Å². The van der Waals surface area contributed by atoms with Gasteiger partial charge in [-0.3, -0.25) is 0 Å². The van der Waals surface area contributed by atoms with Gasteiger partial charge in [0, 0.05) is 41.2 Å². The molecule has 2 nitrogen and oxygen atoms in total. The van der Waals surface area contributed by atoms with E-state index in [0.29, 0.717) is 0 Å². The summed E-state index contributed by atoms with van der Waals surface area (Å²) in [5, 5.41) is 0. The summed E-state index contributed by atoms with van der Waals surface area (Å²) < 4.78 is 0. The van der Waals surface area contributed by atoms with Crippen LogP contribution >= 0.6 is 0 Å². The Morgan fingerprint density at radius 2 is 0.750 bits per heavy atom. The Morgan fingerprint density at radius 3 is 0.750 bits per heavy atom. The first kappa shape index (κ1) is 60.3. The molecule has 0 aliphatic carbocycles. The van der Waals surface area contributed by atoms with E-state index in [2.05, 4.69) is 0 Å². The van der Waals surface area contributed by atoms with Crippen LogP contribution in [0.5, 0.6) is 0 Å². The van der Waals surface area contributed by atoms with E-state index >= 15 is 0 Å². The zero-order chi connectivity index (χ0) is 0. The van der Waals surface area contributed by atoms with Gasteiger partial charge in [-0.2, -0.15) is 0 Å². The van der Waals surface area contributed by atoms with E-state index in [1.807, 2.05) is 0 Å². The number of hydrogen-bond acceptors (Lipinski definition) is 0. The van der Waals surface area contributed by atoms with Crippen molar-refractivity contribution in [3.05, 3.63) is 0 Å². The summed E-state index contributed by atoms with van der Waals surface area (Å²) in [6, 6.07) is 0. The minimum atomic E-state index is 0. The van der Waals surface area contributed by atoms with Crippen molar-refractivity contribution in [2.75, 3.05) is 0 Å². The van der Waals surface area contributed by atoms with Crippen LogP contribution in [-0.2, 0) is 41.2 Å². The van der Waals surface area contributed by atoms with Gasteiger partial charge in [-0.05, 0) is 0 Å². The second-order valence-corrected chi connectivity index (χ2v) is 0.